The second-order valence-electron chi connectivity index (χ2n) is 4.49. The van der Waals surface area contributed by atoms with Crippen LogP contribution < -0.4 is 4.74 Å². The lowest BCUT2D eigenvalue weighted by atomic mass is 10.2. The van der Waals surface area contributed by atoms with Crippen LogP contribution in [0.5, 0.6) is 5.75 Å². The number of ether oxygens (including phenoxy) is 2. The molecule has 2 aromatic rings. The van der Waals surface area contributed by atoms with Crippen LogP contribution in [0.15, 0.2) is 48.7 Å². The Morgan fingerprint density at radius 1 is 1.24 bits per heavy atom. The summed E-state index contributed by atoms with van der Waals surface area (Å²) < 4.78 is 12.1. The van der Waals surface area contributed by atoms with E-state index >= 15 is 0 Å². The van der Waals surface area contributed by atoms with Gasteiger partial charge in [-0.3, -0.25) is 0 Å². The molecule has 0 aliphatic carbocycles. The molecule has 0 fully saturated rings. The molecule has 0 aliphatic rings. The van der Waals surface area contributed by atoms with E-state index in [2.05, 4.69) is 4.57 Å². The predicted octanol–water partition coefficient (Wildman–Crippen LogP) is 3.12. The highest BCUT2D eigenvalue weighted by Gasteiger charge is 2.01. The average Bonchev–Trinajstić information content (AvgIpc) is 2.93. The zero-order valence-corrected chi connectivity index (χ0v) is 12.3. The van der Waals surface area contributed by atoms with Gasteiger partial charge in [0.15, 0.2) is 0 Å². The van der Waals surface area contributed by atoms with Crippen molar-refractivity contribution >= 4 is 12.0 Å². The van der Waals surface area contributed by atoms with Gasteiger partial charge in [0.1, 0.15) is 5.75 Å². The molecule has 2 rings (SSSR count). The van der Waals surface area contributed by atoms with Gasteiger partial charge in [-0.1, -0.05) is 12.1 Å². The van der Waals surface area contributed by atoms with E-state index in [1.54, 1.807) is 20.1 Å². The lowest BCUT2D eigenvalue weighted by Crippen LogP contribution is -2.02. The highest BCUT2D eigenvalue weighted by molar-refractivity contribution is 5.86. The van der Waals surface area contributed by atoms with Crippen molar-refractivity contribution in [2.45, 2.75) is 13.5 Å². The predicted molar refractivity (Wildman–Crippen MR) is 82.2 cm³/mol. The van der Waals surface area contributed by atoms with Gasteiger partial charge in [-0.25, -0.2) is 4.79 Å². The summed E-state index contributed by atoms with van der Waals surface area (Å²) in [6.07, 6.45) is 5.19. The Morgan fingerprint density at radius 3 is 2.67 bits per heavy atom. The van der Waals surface area contributed by atoms with Gasteiger partial charge in [-0.15, -0.1) is 0 Å². The molecule has 0 N–H and O–H groups in total. The molecule has 0 radical (unpaired) electrons. The van der Waals surface area contributed by atoms with Crippen molar-refractivity contribution in [3.63, 3.8) is 0 Å². The van der Waals surface area contributed by atoms with Gasteiger partial charge in [0.2, 0.25) is 0 Å². The number of carbonyl (C=O) groups excluding carboxylic acids is 1. The van der Waals surface area contributed by atoms with Crippen molar-refractivity contribution in [3.8, 4) is 5.75 Å². The van der Waals surface area contributed by atoms with E-state index in [0.717, 1.165) is 23.6 Å². The highest BCUT2D eigenvalue weighted by Crippen LogP contribution is 2.14. The molecule has 1 heterocycles. The van der Waals surface area contributed by atoms with Gasteiger partial charge >= 0.3 is 5.97 Å². The van der Waals surface area contributed by atoms with Gasteiger partial charge in [0.25, 0.3) is 0 Å². The van der Waals surface area contributed by atoms with Crippen LogP contribution >= 0.6 is 0 Å². The molecular formula is C17H19NO3. The molecule has 1 aromatic heterocycles. The van der Waals surface area contributed by atoms with E-state index in [1.165, 1.54) is 6.08 Å². The van der Waals surface area contributed by atoms with Gasteiger partial charge in [-0.2, -0.15) is 0 Å². The Balaban J connectivity index is 2.07. The third-order valence-electron chi connectivity index (χ3n) is 3.05. The van der Waals surface area contributed by atoms with Crippen molar-refractivity contribution in [1.29, 1.82) is 0 Å². The first-order chi connectivity index (χ1) is 10.2. The van der Waals surface area contributed by atoms with Crippen molar-refractivity contribution in [3.05, 3.63) is 59.9 Å². The minimum atomic E-state index is -0.324. The van der Waals surface area contributed by atoms with E-state index < -0.39 is 0 Å². The van der Waals surface area contributed by atoms with Crippen LogP contribution in [0, 0.1) is 0 Å². The second-order valence-corrected chi connectivity index (χ2v) is 4.49. The van der Waals surface area contributed by atoms with Crippen LogP contribution in [0.1, 0.15) is 18.2 Å². The quantitative estimate of drug-likeness (QED) is 0.605. The maximum Gasteiger partial charge on any atom is 0.330 e. The molecule has 0 bridgehead atoms. The molecule has 0 saturated heterocycles. The Labute approximate surface area is 124 Å². The second kappa shape index (κ2) is 7.33. The van der Waals surface area contributed by atoms with E-state index in [9.17, 15) is 4.79 Å². The molecular weight excluding hydrogens is 266 g/mol. The number of hydrogen-bond acceptors (Lipinski definition) is 3. The molecule has 0 unspecified atom stereocenters. The topological polar surface area (TPSA) is 40.5 Å². The first-order valence-electron chi connectivity index (χ1n) is 6.86. The number of aromatic nitrogens is 1. The van der Waals surface area contributed by atoms with E-state index in [4.69, 9.17) is 9.47 Å². The summed E-state index contributed by atoms with van der Waals surface area (Å²) in [7, 11) is 1.65. The van der Waals surface area contributed by atoms with E-state index in [1.807, 2.05) is 42.6 Å². The van der Waals surface area contributed by atoms with Crippen molar-refractivity contribution in [1.82, 2.24) is 4.57 Å². The SMILES string of the molecule is CCOC(=O)/C=C/c1cccn1Cc1ccc(OC)cc1. The number of benzene rings is 1. The lowest BCUT2D eigenvalue weighted by Gasteiger charge is -2.07. The van der Waals surface area contributed by atoms with E-state index in [0.29, 0.717) is 6.61 Å². The molecule has 0 spiro atoms. The standard InChI is InChI=1S/C17H19NO3/c1-3-21-17(19)11-8-15-5-4-12-18(15)13-14-6-9-16(20-2)10-7-14/h4-12H,3,13H2,1-2H3/b11-8+. The number of hydrogen-bond donors (Lipinski definition) is 0. The van der Waals surface area contributed by atoms with Crippen LogP contribution in [0.2, 0.25) is 0 Å². The summed E-state index contributed by atoms with van der Waals surface area (Å²) in [5.74, 6) is 0.517. The molecule has 0 atom stereocenters. The fourth-order valence-electron chi connectivity index (χ4n) is 1.99. The smallest absolute Gasteiger partial charge is 0.330 e. The Kier molecular flexibility index (Phi) is 5.21. The van der Waals surface area contributed by atoms with Crippen LogP contribution in [0.3, 0.4) is 0 Å². The van der Waals surface area contributed by atoms with Gasteiger partial charge in [0, 0.05) is 24.5 Å². The van der Waals surface area contributed by atoms with Gasteiger partial charge < -0.3 is 14.0 Å². The third-order valence-corrected chi connectivity index (χ3v) is 3.05. The lowest BCUT2D eigenvalue weighted by molar-refractivity contribution is -0.137. The molecule has 4 heteroatoms. The van der Waals surface area contributed by atoms with Crippen molar-refractivity contribution in [2.24, 2.45) is 0 Å². The number of rotatable bonds is 6. The molecule has 110 valence electrons. The molecule has 0 aliphatic heterocycles. The normalized spacial score (nSPS) is 10.8. The van der Waals surface area contributed by atoms with Crippen molar-refractivity contribution in [2.75, 3.05) is 13.7 Å². The first-order valence-corrected chi connectivity index (χ1v) is 6.86. The maximum atomic E-state index is 11.3. The monoisotopic (exact) mass is 285 g/mol. The summed E-state index contributed by atoms with van der Waals surface area (Å²) in [6, 6.07) is 11.8. The highest BCUT2D eigenvalue weighted by atomic mass is 16.5. The molecule has 4 nitrogen and oxygen atoms in total. The molecule has 0 saturated carbocycles. The fourth-order valence-corrected chi connectivity index (χ4v) is 1.99. The van der Waals surface area contributed by atoms with E-state index in [-0.39, 0.29) is 5.97 Å². The minimum Gasteiger partial charge on any atom is -0.497 e. The summed E-state index contributed by atoms with van der Waals surface area (Å²) in [5, 5.41) is 0. The number of methoxy groups -OCH3 is 1. The first kappa shape index (κ1) is 14.9. The Hall–Kier alpha value is -2.49. The maximum absolute atomic E-state index is 11.3. The largest absolute Gasteiger partial charge is 0.497 e. The molecule has 21 heavy (non-hydrogen) atoms. The summed E-state index contributed by atoms with van der Waals surface area (Å²) >= 11 is 0. The zero-order valence-electron chi connectivity index (χ0n) is 12.3. The van der Waals surface area contributed by atoms with Crippen molar-refractivity contribution < 1.29 is 14.3 Å². The van der Waals surface area contributed by atoms with Crippen LogP contribution in [-0.4, -0.2) is 24.3 Å². The zero-order chi connectivity index (χ0) is 15.1. The fraction of sp³-hybridized carbons (Fsp3) is 0.235. The van der Waals surface area contributed by atoms with Crippen LogP contribution in [0.4, 0.5) is 0 Å². The van der Waals surface area contributed by atoms with Gasteiger partial charge in [0.05, 0.1) is 13.7 Å². The molecule has 0 amide bonds. The minimum absolute atomic E-state index is 0.324. The Morgan fingerprint density at radius 2 is 2.00 bits per heavy atom. The summed E-state index contributed by atoms with van der Waals surface area (Å²) in [4.78, 5) is 11.3. The number of esters is 1. The van der Waals surface area contributed by atoms with Gasteiger partial charge in [-0.05, 0) is 42.8 Å². The third kappa shape index (κ3) is 4.24. The Bertz CT molecular complexity index is 611. The number of nitrogens with zero attached hydrogens (tertiary/aromatic N) is 1. The molecule has 1 aromatic carbocycles. The van der Waals surface area contributed by atoms with Crippen LogP contribution in [-0.2, 0) is 16.1 Å². The summed E-state index contributed by atoms with van der Waals surface area (Å²) in [6.45, 7) is 2.91. The number of carbonyl (C=O) groups is 1. The van der Waals surface area contributed by atoms with Crippen LogP contribution in [0.25, 0.3) is 6.08 Å². The summed E-state index contributed by atoms with van der Waals surface area (Å²) in [5.41, 5.74) is 2.12. The average molecular weight is 285 g/mol.